The monoisotopic (exact) mass is 466 g/mol. The van der Waals surface area contributed by atoms with Crippen molar-refractivity contribution in [2.45, 2.75) is 47.3 Å². The van der Waals surface area contributed by atoms with Gasteiger partial charge in [-0.05, 0) is 0 Å². The Hall–Kier alpha value is 0.630. The van der Waals surface area contributed by atoms with E-state index in [0.717, 1.165) is 0 Å². The van der Waals surface area contributed by atoms with Crippen LogP contribution < -0.4 is 0 Å². The first-order valence-corrected chi connectivity index (χ1v) is 21.2. The molecule has 0 aromatic heterocycles. The number of fused-ring (bicyclic) bond motifs is 2. The van der Waals surface area contributed by atoms with Gasteiger partial charge in [0.15, 0.2) is 0 Å². The Morgan fingerprint density at radius 1 is 0.524 bits per heavy atom. The Morgan fingerprint density at radius 3 is 1.00 bits per heavy atom. The van der Waals surface area contributed by atoms with E-state index in [1.54, 1.807) is 0 Å². The van der Waals surface area contributed by atoms with E-state index in [1.807, 2.05) is 0 Å². The molecule has 110 valence electrons. The van der Waals surface area contributed by atoms with E-state index >= 15 is 0 Å². The van der Waals surface area contributed by atoms with Gasteiger partial charge < -0.3 is 0 Å². The number of aryl methyl sites for hydroxylation is 4. The molecule has 0 amide bonds. The van der Waals surface area contributed by atoms with Crippen molar-refractivity contribution < 1.29 is 0 Å². The average Bonchev–Trinajstić information content (AvgIpc) is 2.90. The average molecular weight is 464 g/mol. The molecule has 21 heavy (non-hydrogen) atoms. The van der Waals surface area contributed by atoms with Crippen LogP contribution in [-0.4, -0.2) is 12.7 Å². The normalized spacial score (nSPS) is 19.6. The van der Waals surface area contributed by atoms with Gasteiger partial charge in [0.2, 0.25) is 0 Å². The van der Waals surface area contributed by atoms with Crippen LogP contribution in [0.4, 0.5) is 0 Å². The fraction of sp³-hybridized carbons (Fsp3) is 0.250. The van der Waals surface area contributed by atoms with Crippen LogP contribution in [0.3, 0.4) is 0 Å². The summed E-state index contributed by atoms with van der Waals surface area (Å²) in [6, 6.07) is 9.63. The summed E-state index contributed by atoms with van der Waals surface area (Å²) in [6.07, 6.45) is 0. The predicted octanol–water partition coefficient (Wildman–Crippen LogP) is 6.45. The fourth-order valence-electron chi connectivity index (χ4n) is 2.33. The summed E-state index contributed by atoms with van der Waals surface area (Å²) in [7, 11) is 8.86. The Balaban J connectivity index is 1.71. The van der Waals surface area contributed by atoms with Gasteiger partial charge in [-0.25, -0.2) is 0 Å². The fourth-order valence-corrected chi connectivity index (χ4v) is 43.2. The molecule has 0 N–H and O–H groups in total. The first kappa shape index (κ1) is 15.2. The van der Waals surface area contributed by atoms with Crippen molar-refractivity contribution in [1.82, 2.24) is 0 Å². The van der Waals surface area contributed by atoms with Gasteiger partial charge in [0.25, 0.3) is 0 Å². The zero-order chi connectivity index (χ0) is 14.8. The predicted molar refractivity (Wildman–Crippen MR) is 101 cm³/mol. The second-order valence-corrected chi connectivity index (χ2v) is 37.9. The molecule has 0 fully saturated rings. The van der Waals surface area contributed by atoms with E-state index in [-0.39, 0.29) is 0 Å². The van der Waals surface area contributed by atoms with E-state index < -0.39 is 12.7 Å². The van der Waals surface area contributed by atoms with Crippen molar-refractivity contribution in [3.05, 3.63) is 46.5 Å². The molecule has 0 unspecified atom stereocenters. The van der Waals surface area contributed by atoms with Crippen LogP contribution in [0.25, 0.3) is 0 Å². The van der Waals surface area contributed by atoms with E-state index in [0.29, 0.717) is 0 Å². The van der Waals surface area contributed by atoms with Crippen LogP contribution in [0.1, 0.15) is 22.3 Å². The van der Waals surface area contributed by atoms with Crippen molar-refractivity contribution in [3.8, 4) is 0 Å². The minimum atomic E-state index is -2.11. The van der Waals surface area contributed by atoms with Gasteiger partial charge >= 0.3 is 142 Å². The number of hydrogen-bond acceptors (Lipinski definition) is 4. The second-order valence-electron chi connectivity index (χ2n) is 5.51. The van der Waals surface area contributed by atoms with E-state index in [2.05, 4.69) is 87.9 Å². The van der Waals surface area contributed by atoms with Crippen molar-refractivity contribution in [1.29, 1.82) is 0 Å². The number of rotatable bonds is 0. The van der Waals surface area contributed by atoms with Gasteiger partial charge in [-0.1, -0.05) is 0 Å². The van der Waals surface area contributed by atoms with Crippen molar-refractivity contribution in [2.24, 2.45) is 0 Å². The summed E-state index contributed by atoms with van der Waals surface area (Å²) in [5.41, 5.74) is 5.72. The van der Waals surface area contributed by atoms with Gasteiger partial charge in [0.05, 0.1) is 0 Å². The number of hydrogen-bond donors (Lipinski definition) is 0. The van der Waals surface area contributed by atoms with Gasteiger partial charge in [0, 0.05) is 0 Å². The molecule has 5 heteroatoms. The summed E-state index contributed by atoms with van der Waals surface area (Å²) in [5.74, 6) is 0. The molecule has 0 aliphatic carbocycles. The quantitative estimate of drug-likeness (QED) is 0.411. The Bertz CT molecular complexity index is 638. The minimum absolute atomic E-state index is 1.43. The molecule has 2 aromatic rings. The van der Waals surface area contributed by atoms with Crippen LogP contribution >= 0.6 is 36.0 Å². The summed E-state index contributed by atoms with van der Waals surface area (Å²) in [6.45, 7) is 8.93. The second kappa shape index (κ2) is 5.33. The third kappa shape index (κ3) is 2.58. The zero-order valence-corrected chi connectivity index (χ0v) is 17.9. The van der Waals surface area contributed by atoms with Crippen LogP contribution in [0.15, 0.2) is 43.8 Å². The van der Waals surface area contributed by atoms with Crippen molar-refractivity contribution >= 4 is 48.6 Å². The van der Waals surface area contributed by atoms with Crippen LogP contribution in [0.2, 0.25) is 0 Å². The topological polar surface area (TPSA) is 0 Å². The van der Waals surface area contributed by atoms with Gasteiger partial charge in [0.1, 0.15) is 0 Å². The molecule has 2 aliphatic rings. The molecule has 2 aromatic carbocycles. The Kier molecular flexibility index (Phi) is 3.85. The van der Waals surface area contributed by atoms with Crippen LogP contribution in [0, 0.1) is 27.7 Å². The molecule has 0 nitrogen and oxygen atoms in total. The Morgan fingerprint density at radius 2 is 0.762 bits per heavy atom. The van der Waals surface area contributed by atoms with Crippen molar-refractivity contribution in [3.63, 3.8) is 0 Å². The third-order valence-electron chi connectivity index (χ3n) is 3.89. The molecule has 0 saturated carbocycles. The third-order valence-corrected chi connectivity index (χ3v) is 36.6. The molecular weight excluding hydrogens is 448 g/mol. The summed E-state index contributed by atoms with van der Waals surface area (Å²) < 4.78 is 0. The first-order chi connectivity index (χ1) is 9.96. The van der Waals surface area contributed by atoms with E-state index in [1.165, 1.54) is 41.8 Å². The maximum absolute atomic E-state index is 2.41. The maximum atomic E-state index is 2.41. The molecule has 2 heterocycles. The first-order valence-electron chi connectivity index (χ1n) is 6.79. The van der Waals surface area contributed by atoms with Crippen molar-refractivity contribution in [2.75, 3.05) is 0 Å². The van der Waals surface area contributed by atoms with E-state index in [4.69, 9.17) is 0 Å². The van der Waals surface area contributed by atoms with E-state index in [9.17, 15) is 0 Å². The molecule has 1 spiro atoms. The van der Waals surface area contributed by atoms with Gasteiger partial charge in [-0.15, -0.1) is 0 Å². The SMILES string of the molecule is Cc1cc2c(cc1C)S[Te]1(S2)Sc2cc(C)c(C)cc2S1. The van der Waals surface area contributed by atoms with Gasteiger partial charge in [-0.3, -0.25) is 0 Å². The summed E-state index contributed by atoms with van der Waals surface area (Å²) in [4.78, 5) is 6.13. The summed E-state index contributed by atoms with van der Waals surface area (Å²) in [5, 5.41) is 0. The van der Waals surface area contributed by atoms with Gasteiger partial charge in [-0.2, -0.15) is 0 Å². The zero-order valence-electron chi connectivity index (χ0n) is 12.4. The summed E-state index contributed by atoms with van der Waals surface area (Å²) >= 11 is -2.11. The van der Waals surface area contributed by atoms with Crippen LogP contribution in [-0.2, 0) is 0 Å². The molecule has 0 radical (unpaired) electrons. The molecule has 0 bridgehead atoms. The molecular formula is C16H16S4Te. The molecule has 0 saturated heterocycles. The Labute approximate surface area is 141 Å². The number of benzene rings is 2. The standard InChI is InChI=1S/C16H16S4Te/c1-9-5-13-14(6-10(9)2)18-21(17-13)19-15-7-11(3)12(4)8-16(15)20-21/h5-8H,1-4H3. The molecule has 4 rings (SSSR count). The van der Waals surface area contributed by atoms with Crippen LogP contribution in [0.5, 0.6) is 0 Å². The molecule has 0 atom stereocenters. The molecule has 2 aliphatic heterocycles.